The molecule has 0 aromatic heterocycles. The minimum absolute atomic E-state index is 0.00889. The van der Waals surface area contributed by atoms with Gasteiger partial charge in [0.2, 0.25) is 0 Å². The quantitative estimate of drug-likeness (QED) is 0.0851. The Balaban J connectivity index is 1.77. The third kappa shape index (κ3) is 8.57. The number of phenolic OH excluding ortho intramolecular Hbond substituents is 1. The topological polar surface area (TPSA) is 165 Å². The van der Waals surface area contributed by atoms with Gasteiger partial charge in [0.1, 0.15) is 42.7 Å². The van der Waals surface area contributed by atoms with Gasteiger partial charge in [0, 0.05) is 41.7 Å². The van der Waals surface area contributed by atoms with Crippen LogP contribution in [0.1, 0.15) is 0 Å². The minimum atomic E-state index is -1.10. The van der Waals surface area contributed by atoms with E-state index in [1.165, 1.54) is 18.2 Å². The smallest absolute Gasteiger partial charge is 0.329 e. The lowest BCUT2D eigenvalue weighted by molar-refractivity contribution is -0.142. The Kier molecular flexibility index (Phi) is 11.3. The monoisotopic (exact) mass is 607 g/mol. The molecule has 4 rings (SSSR count). The van der Waals surface area contributed by atoms with E-state index in [2.05, 4.69) is 6.58 Å². The number of aromatic hydroxyl groups is 1. The van der Waals surface area contributed by atoms with Crippen LogP contribution in [0.3, 0.4) is 0 Å². The third-order valence-corrected chi connectivity index (χ3v) is 6.45. The maximum atomic E-state index is 12.2. The molecule has 1 aliphatic carbocycles. The number of hydrogen-bond acceptors (Lipinski definition) is 10. The maximum Gasteiger partial charge on any atom is 0.329 e. The summed E-state index contributed by atoms with van der Waals surface area (Å²) in [4.78, 5) is 35.9. The molecular weight excluding hydrogens is 574 g/mol. The SMILES string of the molecule is C=CCOCCOc1cc(-c2c3ccc(=O)cc-3oc3cc(O)ccc23)ccc1N(CCOCC(=O)O)CCOCC(=O)O. The van der Waals surface area contributed by atoms with Crippen LogP contribution in [0.25, 0.3) is 33.4 Å². The van der Waals surface area contributed by atoms with Crippen molar-refractivity contribution in [1.29, 1.82) is 0 Å². The number of carboxylic acid groups (broad SMARTS) is 2. The molecule has 0 fully saturated rings. The molecule has 0 amide bonds. The van der Waals surface area contributed by atoms with Gasteiger partial charge in [-0.05, 0) is 42.0 Å². The fourth-order valence-electron chi connectivity index (χ4n) is 4.62. The van der Waals surface area contributed by atoms with Crippen molar-refractivity contribution >= 4 is 28.6 Å². The summed E-state index contributed by atoms with van der Waals surface area (Å²) >= 11 is 0. The van der Waals surface area contributed by atoms with Gasteiger partial charge in [-0.2, -0.15) is 0 Å². The van der Waals surface area contributed by atoms with Gasteiger partial charge in [-0.15, -0.1) is 6.58 Å². The molecule has 1 aliphatic heterocycles. The van der Waals surface area contributed by atoms with E-state index >= 15 is 0 Å². The first-order valence-corrected chi connectivity index (χ1v) is 13.8. The van der Waals surface area contributed by atoms with Gasteiger partial charge < -0.3 is 43.6 Å². The molecule has 0 bridgehead atoms. The van der Waals surface area contributed by atoms with E-state index in [9.17, 15) is 19.5 Å². The minimum Gasteiger partial charge on any atom is -0.508 e. The molecule has 44 heavy (non-hydrogen) atoms. The van der Waals surface area contributed by atoms with Gasteiger partial charge in [0.15, 0.2) is 5.43 Å². The molecule has 1 heterocycles. The van der Waals surface area contributed by atoms with Crippen LogP contribution in [-0.4, -0.2) is 86.6 Å². The molecule has 232 valence electrons. The molecule has 0 saturated heterocycles. The molecular formula is C32H33NO11. The highest BCUT2D eigenvalue weighted by Gasteiger charge is 2.21. The number of aliphatic carboxylic acids is 2. The van der Waals surface area contributed by atoms with Crippen LogP contribution in [0, 0.1) is 0 Å². The number of fused-ring (bicyclic) bond motifs is 2. The summed E-state index contributed by atoms with van der Waals surface area (Å²) in [6, 6.07) is 14.8. The molecule has 0 unspecified atom stereocenters. The number of ether oxygens (including phenoxy) is 4. The number of carbonyl (C=O) groups is 2. The fourth-order valence-corrected chi connectivity index (χ4v) is 4.62. The highest BCUT2D eigenvalue weighted by atomic mass is 16.5. The van der Waals surface area contributed by atoms with Gasteiger partial charge in [0.05, 0.1) is 32.1 Å². The first-order valence-electron chi connectivity index (χ1n) is 13.8. The molecule has 0 saturated carbocycles. The zero-order valence-corrected chi connectivity index (χ0v) is 23.9. The summed E-state index contributed by atoms with van der Waals surface area (Å²) in [5.41, 5.74) is 2.95. The predicted octanol–water partition coefficient (Wildman–Crippen LogP) is 3.86. The second kappa shape index (κ2) is 15.5. The number of carboxylic acids is 2. The molecule has 0 spiro atoms. The highest BCUT2D eigenvalue weighted by molar-refractivity contribution is 6.02. The van der Waals surface area contributed by atoms with Crippen LogP contribution in [-0.2, 0) is 23.8 Å². The average molecular weight is 608 g/mol. The Hall–Kier alpha value is -4.91. The van der Waals surface area contributed by atoms with E-state index in [0.717, 1.165) is 11.1 Å². The number of benzene rings is 3. The summed E-state index contributed by atoms with van der Waals surface area (Å²) in [7, 11) is 0. The zero-order chi connectivity index (χ0) is 31.5. The summed E-state index contributed by atoms with van der Waals surface area (Å²) in [6.45, 7) is 4.20. The third-order valence-electron chi connectivity index (χ3n) is 6.45. The van der Waals surface area contributed by atoms with Crippen LogP contribution in [0.15, 0.2) is 76.5 Å². The molecule has 0 radical (unpaired) electrons. The number of anilines is 1. The average Bonchev–Trinajstić information content (AvgIpc) is 2.98. The first kappa shape index (κ1) is 32.0. The Morgan fingerprint density at radius 2 is 1.59 bits per heavy atom. The molecule has 12 nitrogen and oxygen atoms in total. The van der Waals surface area contributed by atoms with E-state index in [1.54, 1.807) is 24.3 Å². The van der Waals surface area contributed by atoms with Crippen molar-refractivity contribution in [3.8, 4) is 33.9 Å². The Bertz CT molecular complexity index is 1610. The lowest BCUT2D eigenvalue weighted by Crippen LogP contribution is -2.32. The number of hydrogen-bond donors (Lipinski definition) is 3. The fraction of sp³-hybridized carbons (Fsp3) is 0.281. The van der Waals surface area contributed by atoms with Crippen molar-refractivity contribution in [2.45, 2.75) is 0 Å². The second-order valence-corrected chi connectivity index (χ2v) is 9.59. The van der Waals surface area contributed by atoms with Crippen LogP contribution >= 0.6 is 0 Å². The van der Waals surface area contributed by atoms with E-state index in [4.69, 9.17) is 33.6 Å². The van der Waals surface area contributed by atoms with E-state index in [-0.39, 0.29) is 50.7 Å². The van der Waals surface area contributed by atoms with Crippen molar-refractivity contribution in [1.82, 2.24) is 0 Å². The van der Waals surface area contributed by atoms with Gasteiger partial charge in [-0.1, -0.05) is 12.1 Å². The Morgan fingerprint density at radius 1 is 0.864 bits per heavy atom. The Labute approximate surface area is 252 Å². The van der Waals surface area contributed by atoms with Crippen molar-refractivity contribution < 1.29 is 48.3 Å². The summed E-state index contributed by atoms with van der Waals surface area (Å²) in [6.07, 6.45) is 1.63. The maximum absolute atomic E-state index is 12.2. The van der Waals surface area contributed by atoms with Crippen LogP contribution in [0.5, 0.6) is 11.5 Å². The van der Waals surface area contributed by atoms with Crippen LogP contribution < -0.4 is 15.1 Å². The standard InChI is InChI=1S/C32H33NO11/c1-2-11-40-14-15-43-29-16-21(3-8-26(29)33(9-12-41-19-30(36)37)10-13-42-20-31(38)39)32-24-6-4-22(34)17-27(24)44-28-18-23(35)5-7-25(28)32/h2-8,16-18,34H,1,9-15,19-20H2,(H,36,37)(H,38,39). The predicted molar refractivity (Wildman–Crippen MR) is 162 cm³/mol. The van der Waals surface area contributed by atoms with Crippen molar-refractivity contribution in [3.63, 3.8) is 0 Å². The summed E-state index contributed by atoms with van der Waals surface area (Å²) < 4.78 is 28.2. The van der Waals surface area contributed by atoms with Gasteiger partial charge >= 0.3 is 11.9 Å². The normalized spacial score (nSPS) is 11.1. The van der Waals surface area contributed by atoms with Crippen LogP contribution in [0.4, 0.5) is 5.69 Å². The summed E-state index contributed by atoms with van der Waals surface area (Å²) in [5, 5.41) is 28.7. The molecule has 2 aromatic carbocycles. The van der Waals surface area contributed by atoms with Gasteiger partial charge in [-0.3, -0.25) is 4.79 Å². The number of nitrogens with zero attached hydrogens (tertiary/aromatic N) is 1. The van der Waals surface area contributed by atoms with Gasteiger partial charge in [0.25, 0.3) is 0 Å². The van der Waals surface area contributed by atoms with Gasteiger partial charge in [-0.25, -0.2) is 9.59 Å². The Morgan fingerprint density at radius 3 is 2.27 bits per heavy atom. The molecule has 2 aromatic rings. The molecule has 0 atom stereocenters. The lowest BCUT2D eigenvalue weighted by atomic mass is 9.93. The molecule has 12 heteroatoms. The second-order valence-electron chi connectivity index (χ2n) is 9.59. The van der Waals surface area contributed by atoms with E-state index in [1.807, 2.05) is 23.1 Å². The molecule has 3 N–H and O–H groups in total. The van der Waals surface area contributed by atoms with Crippen molar-refractivity contribution in [3.05, 3.63) is 77.5 Å². The largest absolute Gasteiger partial charge is 0.508 e. The van der Waals surface area contributed by atoms with E-state index < -0.39 is 25.2 Å². The summed E-state index contributed by atoms with van der Waals surface area (Å²) in [5.74, 6) is -1.37. The highest BCUT2D eigenvalue weighted by Crippen LogP contribution is 2.43. The van der Waals surface area contributed by atoms with Crippen LogP contribution in [0.2, 0.25) is 0 Å². The zero-order valence-electron chi connectivity index (χ0n) is 23.9. The molecule has 2 aliphatic rings. The number of phenols is 1. The van der Waals surface area contributed by atoms with Crippen molar-refractivity contribution in [2.75, 3.05) is 64.2 Å². The van der Waals surface area contributed by atoms with E-state index in [0.29, 0.717) is 40.3 Å². The van der Waals surface area contributed by atoms with Crippen molar-refractivity contribution in [2.24, 2.45) is 0 Å². The number of rotatable bonds is 18. The lowest BCUT2D eigenvalue weighted by Gasteiger charge is -2.27. The first-order chi connectivity index (χ1) is 21.3.